The van der Waals surface area contributed by atoms with Crippen molar-refractivity contribution >= 4 is 53.7 Å². The van der Waals surface area contributed by atoms with E-state index in [2.05, 4.69) is 10.0 Å². The van der Waals surface area contributed by atoms with Crippen LogP contribution in [0.5, 0.6) is 0 Å². The molecule has 0 aliphatic carbocycles. The van der Waals surface area contributed by atoms with Gasteiger partial charge in [0.25, 0.3) is 0 Å². The van der Waals surface area contributed by atoms with Gasteiger partial charge in [0.05, 0.1) is 76.5 Å². The molecule has 28 nitrogen and oxygen atoms in total. The molecule has 3 fully saturated rings. The Labute approximate surface area is 634 Å². The lowest BCUT2D eigenvalue weighted by Gasteiger charge is -2.47. The largest absolute Gasteiger partial charge is 0.452 e. The maximum atomic E-state index is 15.0. The maximum Gasteiger partial charge on any atom is 0.338 e. The van der Waals surface area contributed by atoms with Gasteiger partial charge in [0.2, 0.25) is 0 Å². The van der Waals surface area contributed by atoms with Gasteiger partial charge in [-0.1, -0.05) is 169 Å². The van der Waals surface area contributed by atoms with E-state index < -0.39 is 172 Å². The van der Waals surface area contributed by atoms with Crippen molar-refractivity contribution < 1.29 is 119 Å². The molecule has 9 aromatic rings. The number of azide groups is 1. The topological polar surface area (TPSA) is 361 Å². The lowest BCUT2D eigenvalue weighted by molar-refractivity contribution is -0.339. The minimum absolute atomic E-state index is 0.00734. The van der Waals surface area contributed by atoms with Crippen molar-refractivity contribution in [3.63, 3.8) is 0 Å². The van der Waals surface area contributed by atoms with Crippen LogP contribution in [-0.2, 0) is 71.1 Å². The predicted molar refractivity (Wildman–Crippen MR) is 386 cm³/mol. The van der Waals surface area contributed by atoms with Crippen LogP contribution in [0.3, 0.4) is 0 Å². The van der Waals surface area contributed by atoms with Crippen LogP contribution in [0.2, 0.25) is 0 Å². The van der Waals surface area contributed by atoms with Crippen LogP contribution in [0, 0.1) is 0 Å². The normalized spacial score (nSPS) is 23.2. The van der Waals surface area contributed by atoms with Crippen LogP contribution >= 0.6 is 0 Å². The summed E-state index contributed by atoms with van der Waals surface area (Å²) in [6, 6.07) is 68.1. The van der Waals surface area contributed by atoms with Gasteiger partial charge in [-0.3, -0.25) is 0 Å². The van der Waals surface area contributed by atoms with Gasteiger partial charge in [-0.25, -0.2) is 43.2 Å². The van der Waals surface area contributed by atoms with Gasteiger partial charge in [-0.2, -0.15) is 0 Å². The minimum atomic E-state index is -2.14. The van der Waals surface area contributed by atoms with Gasteiger partial charge in [-0.05, 0) is 115 Å². The first-order valence-corrected chi connectivity index (χ1v) is 35.0. The molecule has 0 bridgehead atoms. The Bertz CT molecular complexity index is 4660. The van der Waals surface area contributed by atoms with Gasteiger partial charge >= 0.3 is 53.7 Å². The van der Waals surface area contributed by atoms with E-state index in [1.165, 1.54) is 146 Å². The second-order valence-electron chi connectivity index (χ2n) is 24.9. The fourth-order valence-corrected chi connectivity index (χ4v) is 12.2. The maximum absolute atomic E-state index is 15.0. The molecule has 568 valence electrons. The lowest BCUT2D eigenvalue weighted by Crippen LogP contribution is -2.66. The summed E-state index contributed by atoms with van der Waals surface area (Å²) in [4.78, 5) is 135. The Hall–Kier alpha value is -12.8. The number of carbonyl (C=O) groups excluding carboxylic acids is 9. The first kappa shape index (κ1) is 77.8. The molecular weight excluding hydrogens is 1440 g/mol. The van der Waals surface area contributed by atoms with Gasteiger partial charge in [0, 0.05) is 11.5 Å². The zero-order valence-corrected chi connectivity index (χ0v) is 58.8. The Morgan fingerprint density at radius 2 is 0.468 bits per heavy atom. The van der Waals surface area contributed by atoms with Gasteiger partial charge < -0.3 is 76.2 Å². The molecule has 0 spiro atoms. The van der Waals surface area contributed by atoms with Crippen molar-refractivity contribution in [3.05, 3.63) is 334 Å². The molecule has 15 atom stereocenters. The highest BCUT2D eigenvalue weighted by Crippen LogP contribution is 2.38. The van der Waals surface area contributed by atoms with Crippen LogP contribution in [0.1, 0.15) is 93.2 Å². The van der Waals surface area contributed by atoms with Crippen molar-refractivity contribution in [1.29, 1.82) is 0 Å². The Morgan fingerprint density at radius 3 is 0.685 bits per heavy atom. The van der Waals surface area contributed by atoms with Crippen molar-refractivity contribution in [3.8, 4) is 0 Å². The average Bonchev–Trinajstić information content (AvgIpc) is 0.773. The number of aliphatic hydroxyl groups is 1. The molecule has 111 heavy (non-hydrogen) atoms. The summed E-state index contributed by atoms with van der Waals surface area (Å²) in [5.74, 6) is -9.41. The van der Waals surface area contributed by atoms with Crippen molar-refractivity contribution in [2.45, 2.75) is 92.1 Å². The molecule has 0 radical (unpaired) electrons. The second kappa shape index (κ2) is 38.4. The van der Waals surface area contributed by atoms with Gasteiger partial charge in [0.1, 0.15) is 18.3 Å². The van der Waals surface area contributed by atoms with E-state index in [1.54, 1.807) is 127 Å². The van der Waals surface area contributed by atoms with Crippen LogP contribution in [-0.4, -0.2) is 184 Å². The number of hydrogen-bond acceptors (Lipinski definition) is 26. The van der Waals surface area contributed by atoms with E-state index in [0.29, 0.717) is 0 Å². The molecule has 0 amide bonds. The average molecular weight is 1510 g/mol. The van der Waals surface area contributed by atoms with E-state index in [4.69, 9.17) is 71.1 Å². The van der Waals surface area contributed by atoms with Crippen molar-refractivity contribution in [1.82, 2.24) is 0 Å². The predicted octanol–water partition coefficient (Wildman–Crippen LogP) is 10.5. The summed E-state index contributed by atoms with van der Waals surface area (Å²) < 4.78 is 96.5. The quantitative estimate of drug-likeness (QED) is 0.0114. The van der Waals surface area contributed by atoms with E-state index in [-0.39, 0.29) is 56.6 Å². The third-order valence-corrected chi connectivity index (χ3v) is 17.6. The Balaban J connectivity index is 0.989. The number of aliphatic hydroxyl groups excluding tert-OH is 1. The highest BCUT2D eigenvalue weighted by molar-refractivity contribution is 5.94. The first-order chi connectivity index (χ1) is 54.2. The van der Waals surface area contributed by atoms with Crippen LogP contribution < -0.4 is 0 Å². The number of esters is 9. The summed E-state index contributed by atoms with van der Waals surface area (Å²) >= 11 is 0. The Kier molecular flexibility index (Phi) is 26.9. The standard InChI is InChI=1S/C83H71N3O25/c84-86-85-46-47-97-81-69(109-78(94)57-40-22-7-23-41-57)67(107-76(92)55-36-18-5-19-37-55)64(104-73(89)52-30-12-2-13-31-52)61(101-81)49-99-83-71(111-80(96)59-44-26-9-27-45-59)68(108-77(93)56-38-20-6-21-39-56)65(105-74(90)53-32-14-3-15-33-53)62(102-83)50-98-82-70(110-79(95)58-42-24-8-25-43-58)66(106-75(91)54-34-16-4-17-35-54)63(60(48-87)100-82)103-72(88)51-28-10-1-11-29-51/h1-45,60-71,81-83,87H,46-50H2/t60-,61-,62-,63-,64-,65-,66+,67+,68+,69-,70-,71-,81-,82-,83-/m1/s1. The van der Waals surface area contributed by atoms with Crippen molar-refractivity contribution in [2.24, 2.45) is 5.11 Å². The summed E-state index contributed by atoms with van der Waals surface area (Å²) in [7, 11) is 0. The molecule has 12 rings (SSSR count). The summed E-state index contributed by atoms with van der Waals surface area (Å²) in [5.41, 5.74) is 9.05. The third kappa shape index (κ3) is 20.1. The smallest absolute Gasteiger partial charge is 0.338 e. The van der Waals surface area contributed by atoms with Crippen LogP contribution in [0.15, 0.2) is 278 Å². The molecule has 3 saturated heterocycles. The molecule has 3 aliphatic heterocycles. The zero-order valence-electron chi connectivity index (χ0n) is 58.8. The molecule has 9 aromatic carbocycles. The van der Waals surface area contributed by atoms with E-state index in [0.717, 1.165) is 0 Å². The van der Waals surface area contributed by atoms with Gasteiger partial charge in [0.15, 0.2) is 73.8 Å². The Morgan fingerprint density at radius 1 is 0.279 bits per heavy atom. The highest BCUT2D eigenvalue weighted by Gasteiger charge is 2.59. The molecule has 0 saturated carbocycles. The number of carbonyl (C=O) groups is 9. The SMILES string of the molecule is [N-]=[N+]=NCCO[C@@H]1O[C@H](CO[C@@H]2O[C@H](CO[C@@H]3O[C@H](CO)[C@@H](OC(=O)c4ccccc4)[C@H](OC(=O)c4ccccc4)[C@H]3OC(=O)c3ccccc3)[C@@H](OC(=O)c3ccccc3)[C@H](OC(=O)c3ccccc3)[C@H]2OC(=O)c2ccccc2)[C@@H](OC(=O)c2ccccc2)[C@H](OC(=O)c2ccccc2)[C@H]1OC(=O)c1ccccc1. The minimum Gasteiger partial charge on any atom is -0.452 e. The van der Waals surface area contributed by atoms with E-state index in [9.17, 15) is 53.8 Å². The lowest BCUT2D eigenvalue weighted by atomic mass is 9.96. The van der Waals surface area contributed by atoms with Crippen LogP contribution in [0.4, 0.5) is 0 Å². The van der Waals surface area contributed by atoms with E-state index >= 15 is 0 Å². The highest BCUT2D eigenvalue weighted by atomic mass is 16.8. The third-order valence-electron chi connectivity index (χ3n) is 17.6. The fourth-order valence-electron chi connectivity index (χ4n) is 12.2. The molecule has 3 heterocycles. The number of hydrogen-bond donors (Lipinski definition) is 1. The molecule has 28 heteroatoms. The first-order valence-electron chi connectivity index (χ1n) is 35.0. The summed E-state index contributed by atoms with van der Waals surface area (Å²) in [6.07, 6.45) is -29.0. The fraction of sp³-hybridized carbons (Fsp3) is 0.241. The number of nitrogens with zero attached hydrogens (tertiary/aromatic N) is 3. The number of rotatable bonds is 29. The number of benzene rings is 9. The van der Waals surface area contributed by atoms with Gasteiger partial charge in [-0.15, -0.1) is 0 Å². The molecule has 0 aromatic heterocycles. The van der Waals surface area contributed by atoms with Crippen LogP contribution in [0.25, 0.3) is 10.4 Å². The molecule has 1 N–H and O–H groups in total. The zero-order chi connectivity index (χ0) is 77.4. The van der Waals surface area contributed by atoms with E-state index in [1.807, 2.05) is 0 Å². The van der Waals surface area contributed by atoms with Crippen molar-refractivity contribution in [2.75, 3.05) is 33.0 Å². The molecular formula is C83H71N3O25. The molecule has 0 unspecified atom stereocenters. The monoisotopic (exact) mass is 1510 g/mol. The molecule has 3 aliphatic rings. The number of ether oxygens (including phenoxy) is 15. The second-order valence-corrected chi connectivity index (χ2v) is 24.9. The summed E-state index contributed by atoms with van der Waals surface area (Å²) in [5, 5.41) is 14.9. The summed E-state index contributed by atoms with van der Waals surface area (Å²) in [6.45, 7) is -3.67.